The molecule has 1 amide bonds. The van der Waals surface area contributed by atoms with E-state index >= 15 is 0 Å². The van der Waals surface area contributed by atoms with E-state index in [4.69, 9.17) is 4.52 Å². The van der Waals surface area contributed by atoms with E-state index < -0.39 is 0 Å². The Labute approximate surface area is 123 Å². The van der Waals surface area contributed by atoms with E-state index in [-0.39, 0.29) is 5.91 Å². The first kappa shape index (κ1) is 13.9. The molecule has 0 radical (unpaired) electrons. The number of nitrogens with zero attached hydrogens (tertiary/aromatic N) is 4. The summed E-state index contributed by atoms with van der Waals surface area (Å²) < 4.78 is 7.22. The highest BCUT2D eigenvalue weighted by Crippen LogP contribution is 2.20. The van der Waals surface area contributed by atoms with Crippen molar-refractivity contribution in [3.05, 3.63) is 36.2 Å². The molecule has 0 unspecified atom stereocenters. The quantitative estimate of drug-likeness (QED) is 0.858. The van der Waals surface area contributed by atoms with E-state index in [9.17, 15) is 4.79 Å². The topological polar surface area (TPSA) is 64.2 Å². The third kappa shape index (κ3) is 3.51. The van der Waals surface area contributed by atoms with Crippen molar-refractivity contribution in [1.29, 1.82) is 0 Å². The number of aryl methyl sites for hydroxylation is 1. The van der Waals surface area contributed by atoms with Gasteiger partial charge in [-0.25, -0.2) is 4.98 Å². The Kier molecular flexibility index (Phi) is 4.03. The average Bonchev–Trinajstić information content (AvgIpc) is 3.12. The molecule has 0 atom stereocenters. The van der Waals surface area contributed by atoms with Gasteiger partial charge in [0.1, 0.15) is 5.76 Å². The molecule has 0 spiro atoms. The van der Waals surface area contributed by atoms with Crippen LogP contribution in [0, 0.1) is 12.8 Å². The second kappa shape index (κ2) is 6.11. The number of carbonyl (C=O) groups is 1. The molecule has 21 heavy (non-hydrogen) atoms. The molecule has 1 aliphatic rings. The van der Waals surface area contributed by atoms with E-state index in [1.807, 2.05) is 30.4 Å². The zero-order valence-corrected chi connectivity index (χ0v) is 12.2. The van der Waals surface area contributed by atoms with Crippen molar-refractivity contribution in [2.75, 3.05) is 13.1 Å². The van der Waals surface area contributed by atoms with E-state index in [2.05, 4.69) is 14.7 Å². The third-order valence-corrected chi connectivity index (χ3v) is 4.00. The smallest absolute Gasteiger partial charge is 0.230 e. The summed E-state index contributed by atoms with van der Waals surface area (Å²) in [6.07, 6.45) is 8.04. The molecule has 1 aliphatic heterocycles. The summed E-state index contributed by atoms with van der Waals surface area (Å²) in [4.78, 5) is 18.2. The molecule has 2 aromatic rings. The molecule has 1 saturated heterocycles. The summed E-state index contributed by atoms with van der Waals surface area (Å²) in [7, 11) is 0. The maximum absolute atomic E-state index is 12.2. The van der Waals surface area contributed by atoms with Crippen molar-refractivity contribution in [2.45, 2.75) is 32.7 Å². The van der Waals surface area contributed by atoms with Gasteiger partial charge in [-0.3, -0.25) is 4.79 Å². The van der Waals surface area contributed by atoms with Crippen molar-refractivity contribution >= 4 is 5.91 Å². The van der Waals surface area contributed by atoms with Gasteiger partial charge in [0.2, 0.25) is 5.91 Å². The normalized spacial score (nSPS) is 16.3. The van der Waals surface area contributed by atoms with Gasteiger partial charge in [-0.1, -0.05) is 5.16 Å². The second-order valence-electron chi connectivity index (χ2n) is 5.70. The van der Waals surface area contributed by atoms with Gasteiger partial charge in [0, 0.05) is 38.1 Å². The average molecular weight is 288 g/mol. The summed E-state index contributed by atoms with van der Waals surface area (Å²) in [5.74, 6) is 1.40. The van der Waals surface area contributed by atoms with Crippen molar-refractivity contribution < 1.29 is 9.32 Å². The maximum Gasteiger partial charge on any atom is 0.230 e. The van der Waals surface area contributed by atoms with Crippen LogP contribution in [0.4, 0.5) is 0 Å². The number of amides is 1. The number of rotatable bonds is 4. The molecular weight excluding hydrogens is 268 g/mol. The Hall–Kier alpha value is -2.11. The molecule has 2 aromatic heterocycles. The molecule has 3 rings (SSSR count). The first-order valence-corrected chi connectivity index (χ1v) is 7.36. The molecule has 1 fully saturated rings. The second-order valence-corrected chi connectivity index (χ2v) is 5.70. The van der Waals surface area contributed by atoms with Crippen LogP contribution in [0.15, 0.2) is 29.3 Å². The van der Waals surface area contributed by atoms with Crippen molar-refractivity contribution in [3.63, 3.8) is 0 Å². The predicted octanol–water partition coefficient (Wildman–Crippen LogP) is 1.66. The zero-order chi connectivity index (χ0) is 14.7. The number of likely N-dealkylation sites (tertiary alicyclic amines) is 1. The Bertz CT molecular complexity index is 583. The van der Waals surface area contributed by atoms with Gasteiger partial charge in [-0.05, 0) is 25.7 Å². The lowest BCUT2D eigenvalue weighted by Gasteiger charge is -2.32. The lowest BCUT2D eigenvalue weighted by molar-refractivity contribution is -0.132. The molecule has 6 nitrogen and oxygen atoms in total. The lowest BCUT2D eigenvalue weighted by atomic mass is 9.96. The fraction of sp³-hybridized carbons (Fsp3) is 0.533. The Morgan fingerprint density at radius 1 is 1.43 bits per heavy atom. The largest absolute Gasteiger partial charge is 0.361 e. The molecule has 112 valence electrons. The van der Waals surface area contributed by atoms with Gasteiger partial charge in [-0.2, -0.15) is 0 Å². The highest BCUT2D eigenvalue weighted by Gasteiger charge is 2.23. The molecular formula is C15H20N4O2. The van der Waals surface area contributed by atoms with E-state index in [0.29, 0.717) is 18.1 Å². The minimum absolute atomic E-state index is 0.132. The standard InChI is InChI=1S/C15H20N4O2/c1-12-8-14(21-17-12)9-15(20)19-5-2-13(3-6-19)10-18-7-4-16-11-18/h4,7-8,11,13H,2-3,5-6,9-10H2,1H3. The van der Waals surface area contributed by atoms with Gasteiger partial charge in [0.15, 0.2) is 0 Å². The first-order valence-electron chi connectivity index (χ1n) is 7.36. The van der Waals surface area contributed by atoms with Crippen molar-refractivity contribution in [3.8, 4) is 0 Å². The lowest BCUT2D eigenvalue weighted by Crippen LogP contribution is -2.40. The van der Waals surface area contributed by atoms with Crippen LogP contribution in [0.1, 0.15) is 24.3 Å². The van der Waals surface area contributed by atoms with Gasteiger partial charge < -0.3 is 14.0 Å². The highest BCUT2D eigenvalue weighted by molar-refractivity contribution is 5.78. The van der Waals surface area contributed by atoms with Crippen LogP contribution in [0.3, 0.4) is 0 Å². The number of imidazole rings is 1. The minimum atomic E-state index is 0.132. The molecule has 3 heterocycles. The number of carbonyl (C=O) groups excluding carboxylic acids is 1. The molecule has 0 N–H and O–H groups in total. The van der Waals surface area contributed by atoms with Gasteiger partial charge in [0.25, 0.3) is 0 Å². The molecule has 0 aliphatic carbocycles. The van der Waals surface area contributed by atoms with Crippen LogP contribution >= 0.6 is 0 Å². The molecule has 6 heteroatoms. The van der Waals surface area contributed by atoms with E-state index in [1.165, 1.54) is 0 Å². The van der Waals surface area contributed by atoms with Crippen LogP contribution in [-0.4, -0.2) is 38.6 Å². The van der Waals surface area contributed by atoms with Gasteiger partial charge >= 0.3 is 0 Å². The highest BCUT2D eigenvalue weighted by atomic mass is 16.5. The van der Waals surface area contributed by atoms with Crippen molar-refractivity contribution in [2.24, 2.45) is 5.92 Å². The molecule has 0 aromatic carbocycles. The fourth-order valence-corrected chi connectivity index (χ4v) is 2.82. The van der Waals surface area contributed by atoms with Gasteiger partial charge in [0.05, 0.1) is 18.4 Å². The Morgan fingerprint density at radius 2 is 2.24 bits per heavy atom. The van der Waals surface area contributed by atoms with E-state index in [1.54, 1.807) is 6.20 Å². The van der Waals surface area contributed by atoms with E-state index in [0.717, 1.165) is 38.2 Å². The summed E-state index contributed by atoms with van der Waals surface area (Å²) in [5.41, 5.74) is 0.817. The fourth-order valence-electron chi connectivity index (χ4n) is 2.82. The van der Waals surface area contributed by atoms with Gasteiger partial charge in [-0.15, -0.1) is 0 Å². The van der Waals surface area contributed by atoms with Crippen LogP contribution in [-0.2, 0) is 17.8 Å². The Morgan fingerprint density at radius 3 is 2.86 bits per heavy atom. The SMILES string of the molecule is Cc1cc(CC(=O)N2CCC(Cn3ccnc3)CC2)on1. The maximum atomic E-state index is 12.2. The molecule has 0 saturated carbocycles. The third-order valence-electron chi connectivity index (χ3n) is 4.00. The number of aromatic nitrogens is 3. The number of hydrogen-bond donors (Lipinski definition) is 0. The summed E-state index contributed by atoms with van der Waals surface area (Å²) in [5, 5.41) is 3.81. The molecule has 0 bridgehead atoms. The van der Waals surface area contributed by atoms with Crippen LogP contribution in [0.5, 0.6) is 0 Å². The Balaban J connectivity index is 1.47. The van der Waals surface area contributed by atoms with Crippen LogP contribution in [0.25, 0.3) is 0 Å². The summed E-state index contributed by atoms with van der Waals surface area (Å²) in [6, 6.07) is 1.82. The first-order chi connectivity index (χ1) is 10.2. The predicted molar refractivity (Wildman–Crippen MR) is 76.5 cm³/mol. The van der Waals surface area contributed by atoms with Crippen LogP contribution < -0.4 is 0 Å². The number of piperidine rings is 1. The minimum Gasteiger partial charge on any atom is -0.361 e. The summed E-state index contributed by atoms with van der Waals surface area (Å²) >= 11 is 0. The summed E-state index contributed by atoms with van der Waals surface area (Å²) in [6.45, 7) is 4.50. The zero-order valence-electron chi connectivity index (χ0n) is 12.2. The monoisotopic (exact) mass is 288 g/mol. The van der Waals surface area contributed by atoms with Crippen LogP contribution in [0.2, 0.25) is 0 Å². The van der Waals surface area contributed by atoms with Crippen molar-refractivity contribution in [1.82, 2.24) is 19.6 Å². The number of hydrogen-bond acceptors (Lipinski definition) is 4.